The van der Waals surface area contributed by atoms with E-state index in [9.17, 15) is 4.79 Å². The molecule has 0 unspecified atom stereocenters. The molecule has 82 valence electrons. The van der Waals surface area contributed by atoms with Crippen molar-refractivity contribution in [1.82, 2.24) is 4.57 Å². The summed E-state index contributed by atoms with van der Waals surface area (Å²) in [5, 5.41) is 0. The number of para-hydroxylation sites is 1. The van der Waals surface area contributed by atoms with Crippen molar-refractivity contribution in [2.75, 3.05) is 0 Å². The summed E-state index contributed by atoms with van der Waals surface area (Å²) in [6.07, 6.45) is 6.79. The summed E-state index contributed by atoms with van der Waals surface area (Å²) in [7, 11) is 0. The number of benzene rings is 1. The highest BCUT2D eigenvalue weighted by molar-refractivity contribution is 7.16. The molecule has 3 heteroatoms. The Morgan fingerprint density at radius 2 is 2.06 bits per heavy atom. The Morgan fingerprint density at radius 1 is 1.19 bits per heavy atom. The van der Waals surface area contributed by atoms with Crippen molar-refractivity contribution in [3.8, 4) is 0 Å². The number of nitrogens with zero attached hydrogens (tertiary/aromatic N) is 1. The number of thiazole rings is 1. The van der Waals surface area contributed by atoms with Gasteiger partial charge in [-0.1, -0.05) is 29.5 Å². The zero-order valence-electron chi connectivity index (χ0n) is 8.98. The lowest BCUT2D eigenvalue weighted by Crippen LogP contribution is -2.13. The molecule has 0 fully saturated rings. The fraction of sp³-hybridized carbons (Fsp3) is 0.308. The number of aromatic nitrogens is 1. The number of fused-ring (bicyclic) bond motifs is 1. The molecule has 2 nitrogen and oxygen atoms in total. The van der Waals surface area contributed by atoms with Crippen molar-refractivity contribution in [3.05, 3.63) is 40.0 Å². The second-order valence-corrected chi connectivity index (χ2v) is 5.11. The van der Waals surface area contributed by atoms with E-state index < -0.39 is 0 Å². The van der Waals surface area contributed by atoms with Crippen molar-refractivity contribution in [2.45, 2.75) is 25.7 Å². The van der Waals surface area contributed by atoms with Crippen LogP contribution in [0.15, 0.2) is 35.1 Å². The van der Waals surface area contributed by atoms with Crippen LogP contribution >= 0.6 is 11.3 Å². The molecule has 2 aromatic rings. The Labute approximate surface area is 97.8 Å². The molecule has 16 heavy (non-hydrogen) atoms. The van der Waals surface area contributed by atoms with Gasteiger partial charge in [0.1, 0.15) is 0 Å². The molecule has 1 aromatic heterocycles. The molecule has 3 rings (SSSR count). The van der Waals surface area contributed by atoms with E-state index in [0.717, 1.165) is 23.1 Å². The Bertz CT molecular complexity index is 606. The lowest BCUT2D eigenvalue weighted by molar-refractivity contribution is 0.719. The fourth-order valence-corrected chi connectivity index (χ4v) is 3.17. The largest absolute Gasteiger partial charge is 0.312 e. The molecular formula is C13H13NOS. The molecule has 0 bridgehead atoms. The highest BCUT2D eigenvalue weighted by atomic mass is 32.1. The number of hydrogen-bond acceptors (Lipinski definition) is 2. The second kappa shape index (κ2) is 3.91. The topological polar surface area (TPSA) is 22.0 Å². The maximum absolute atomic E-state index is 12.0. The molecule has 0 amide bonds. The van der Waals surface area contributed by atoms with Crippen LogP contribution in [0.2, 0.25) is 0 Å². The van der Waals surface area contributed by atoms with Gasteiger partial charge in [-0.2, -0.15) is 0 Å². The zero-order chi connectivity index (χ0) is 11.0. The van der Waals surface area contributed by atoms with Crippen molar-refractivity contribution in [3.63, 3.8) is 0 Å². The number of hydrogen-bond donors (Lipinski definition) is 0. The highest BCUT2D eigenvalue weighted by Crippen LogP contribution is 2.26. The highest BCUT2D eigenvalue weighted by Gasteiger charge is 2.12. The van der Waals surface area contributed by atoms with Crippen LogP contribution in [0, 0.1) is 0 Å². The van der Waals surface area contributed by atoms with Crippen LogP contribution < -0.4 is 4.87 Å². The van der Waals surface area contributed by atoms with E-state index in [1.165, 1.54) is 29.9 Å². The maximum Gasteiger partial charge on any atom is 0.312 e. The van der Waals surface area contributed by atoms with E-state index in [1.54, 1.807) is 0 Å². The lowest BCUT2D eigenvalue weighted by atomic mass is 10.0. The average Bonchev–Trinajstić information content (AvgIpc) is 2.66. The van der Waals surface area contributed by atoms with Gasteiger partial charge in [0.15, 0.2) is 0 Å². The molecular weight excluding hydrogens is 218 g/mol. The summed E-state index contributed by atoms with van der Waals surface area (Å²) in [5.41, 5.74) is 2.25. The minimum Gasteiger partial charge on any atom is -0.271 e. The van der Waals surface area contributed by atoms with Crippen molar-refractivity contribution in [2.24, 2.45) is 0 Å². The van der Waals surface area contributed by atoms with Gasteiger partial charge >= 0.3 is 4.87 Å². The Balaban J connectivity index is 2.26. The van der Waals surface area contributed by atoms with Gasteiger partial charge < -0.3 is 0 Å². The predicted molar refractivity (Wildman–Crippen MR) is 68.8 cm³/mol. The first-order valence-corrected chi connectivity index (χ1v) is 6.48. The predicted octanol–water partition coefficient (Wildman–Crippen LogP) is 3.48. The molecule has 0 atom stereocenters. The van der Waals surface area contributed by atoms with Crippen molar-refractivity contribution < 1.29 is 0 Å². The van der Waals surface area contributed by atoms with Crippen molar-refractivity contribution in [1.29, 1.82) is 0 Å². The molecule has 0 saturated heterocycles. The van der Waals surface area contributed by atoms with Crippen molar-refractivity contribution >= 4 is 27.3 Å². The van der Waals surface area contributed by atoms with Gasteiger partial charge in [-0.05, 0) is 37.8 Å². The first-order valence-electron chi connectivity index (χ1n) is 5.66. The Kier molecular flexibility index (Phi) is 2.40. The minimum absolute atomic E-state index is 0.148. The van der Waals surface area contributed by atoms with E-state index >= 15 is 0 Å². The summed E-state index contributed by atoms with van der Waals surface area (Å²) in [6, 6.07) is 8.02. The van der Waals surface area contributed by atoms with Crippen LogP contribution in [-0.2, 0) is 0 Å². The van der Waals surface area contributed by atoms with Crippen LogP contribution in [0.5, 0.6) is 0 Å². The first-order chi connectivity index (χ1) is 7.86. The van der Waals surface area contributed by atoms with Crippen LogP contribution in [0.25, 0.3) is 15.9 Å². The van der Waals surface area contributed by atoms with Crippen LogP contribution in [0.3, 0.4) is 0 Å². The number of rotatable bonds is 1. The van der Waals surface area contributed by atoms with Gasteiger partial charge in [0.25, 0.3) is 0 Å². The van der Waals surface area contributed by atoms with Gasteiger partial charge in [-0.25, -0.2) is 0 Å². The summed E-state index contributed by atoms with van der Waals surface area (Å²) in [5.74, 6) is 0. The third-order valence-corrected chi connectivity index (χ3v) is 3.96. The molecule has 0 spiro atoms. The van der Waals surface area contributed by atoms with E-state index in [4.69, 9.17) is 0 Å². The fourth-order valence-electron chi connectivity index (χ4n) is 2.26. The summed E-state index contributed by atoms with van der Waals surface area (Å²) in [6.45, 7) is 0. The molecule has 0 N–H and O–H groups in total. The van der Waals surface area contributed by atoms with E-state index in [2.05, 4.69) is 6.08 Å². The van der Waals surface area contributed by atoms with E-state index in [1.807, 2.05) is 28.8 Å². The molecule has 1 aromatic carbocycles. The standard InChI is InChI=1S/C13H13NOS/c15-13-14(10-6-2-1-3-7-10)11-8-4-5-9-12(11)16-13/h4-6,8-9H,1-3,7H2. The average molecular weight is 231 g/mol. The molecule has 0 saturated carbocycles. The Hall–Kier alpha value is -1.35. The first kappa shape index (κ1) is 9.85. The summed E-state index contributed by atoms with van der Waals surface area (Å²) < 4.78 is 2.97. The summed E-state index contributed by atoms with van der Waals surface area (Å²) in [4.78, 5) is 12.1. The van der Waals surface area contributed by atoms with Gasteiger partial charge in [0.05, 0.1) is 10.2 Å². The molecule has 1 heterocycles. The van der Waals surface area contributed by atoms with Crippen LogP contribution in [-0.4, -0.2) is 4.57 Å². The van der Waals surface area contributed by atoms with Gasteiger partial charge in [-0.15, -0.1) is 0 Å². The maximum atomic E-state index is 12.0. The Morgan fingerprint density at radius 3 is 2.88 bits per heavy atom. The molecule has 0 radical (unpaired) electrons. The monoisotopic (exact) mass is 231 g/mol. The minimum atomic E-state index is 0.148. The normalized spacial score (nSPS) is 16.4. The van der Waals surface area contributed by atoms with E-state index in [-0.39, 0.29) is 4.87 Å². The SMILES string of the molecule is O=c1sc2ccccc2n1C1=CCCCC1. The van der Waals surface area contributed by atoms with Gasteiger partial charge in [0.2, 0.25) is 0 Å². The van der Waals surface area contributed by atoms with Crippen LogP contribution in [0.4, 0.5) is 0 Å². The third kappa shape index (κ3) is 1.52. The van der Waals surface area contributed by atoms with Crippen LogP contribution in [0.1, 0.15) is 25.7 Å². The van der Waals surface area contributed by atoms with E-state index in [0.29, 0.717) is 0 Å². The quantitative estimate of drug-likeness (QED) is 0.736. The summed E-state index contributed by atoms with van der Waals surface area (Å²) >= 11 is 1.34. The number of allylic oxidation sites excluding steroid dienone is 2. The lowest BCUT2D eigenvalue weighted by Gasteiger charge is -2.13. The van der Waals surface area contributed by atoms with Gasteiger partial charge in [0, 0.05) is 5.70 Å². The molecule has 1 aliphatic carbocycles. The van der Waals surface area contributed by atoms with Gasteiger partial charge in [-0.3, -0.25) is 9.36 Å². The molecule has 0 aliphatic heterocycles. The third-order valence-electron chi connectivity index (χ3n) is 3.04. The molecule has 1 aliphatic rings. The second-order valence-electron chi connectivity index (χ2n) is 4.11. The smallest absolute Gasteiger partial charge is 0.271 e. The zero-order valence-corrected chi connectivity index (χ0v) is 9.80.